The van der Waals surface area contributed by atoms with Crippen molar-refractivity contribution in [3.8, 4) is 5.75 Å². The summed E-state index contributed by atoms with van der Waals surface area (Å²) in [6.07, 6.45) is -6.02. The largest absolute Gasteiger partial charge is 0.573 e. The second kappa shape index (κ2) is 4.58. The number of benzene rings is 1. The zero-order valence-corrected chi connectivity index (χ0v) is 8.56. The van der Waals surface area contributed by atoms with Crippen molar-refractivity contribution in [3.05, 3.63) is 33.9 Å². The highest BCUT2D eigenvalue weighted by atomic mass is 19.4. The van der Waals surface area contributed by atoms with E-state index in [9.17, 15) is 23.3 Å². The number of ether oxygens (including phenoxy) is 1. The Morgan fingerprint density at radius 2 is 2.06 bits per heavy atom. The normalized spacial score (nSPS) is 13.2. The van der Waals surface area contributed by atoms with Crippen molar-refractivity contribution < 1.29 is 27.9 Å². The fourth-order valence-corrected chi connectivity index (χ4v) is 1.15. The molecule has 1 N–H and O–H groups in total. The second-order valence-corrected chi connectivity index (χ2v) is 3.21. The topological polar surface area (TPSA) is 72.6 Å². The number of nitro benzene ring substituents is 1. The number of nitrogens with zero attached hydrogens (tertiary/aromatic N) is 1. The molecule has 0 bridgehead atoms. The van der Waals surface area contributed by atoms with Crippen LogP contribution in [-0.4, -0.2) is 16.4 Å². The van der Waals surface area contributed by atoms with Gasteiger partial charge in [-0.2, -0.15) is 0 Å². The molecule has 1 aromatic rings. The molecule has 0 aliphatic carbocycles. The minimum Gasteiger partial charge on any atom is -0.398 e. The molecule has 0 saturated carbocycles. The number of aliphatic hydroxyl groups excluding tert-OH is 1. The first kappa shape index (κ1) is 13.2. The van der Waals surface area contributed by atoms with E-state index in [2.05, 4.69) is 4.74 Å². The third-order valence-corrected chi connectivity index (χ3v) is 1.89. The Kier molecular flexibility index (Phi) is 3.56. The van der Waals surface area contributed by atoms with Crippen LogP contribution in [0.15, 0.2) is 18.2 Å². The van der Waals surface area contributed by atoms with Gasteiger partial charge >= 0.3 is 12.0 Å². The fraction of sp³-hybridized carbons (Fsp3) is 0.333. The molecular weight excluding hydrogens is 243 g/mol. The van der Waals surface area contributed by atoms with Crippen molar-refractivity contribution >= 4 is 5.69 Å². The van der Waals surface area contributed by atoms with E-state index in [0.717, 1.165) is 18.2 Å². The summed E-state index contributed by atoms with van der Waals surface area (Å²) in [7, 11) is 0. The van der Waals surface area contributed by atoms with Crippen molar-refractivity contribution in [2.45, 2.75) is 19.4 Å². The van der Waals surface area contributed by atoms with E-state index < -0.39 is 28.8 Å². The summed E-state index contributed by atoms with van der Waals surface area (Å²) < 4.78 is 39.4. The van der Waals surface area contributed by atoms with Crippen LogP contribution in [-0.2, 0) is 0 Å². The van der Waals surface area contributed by atoms with Gasteiger partial charge in [-0.15, -0.1) is 13.2 Å². The standard InChI is InChI=1S/C9H8F3NO4/c1-5(14)6-2-3-8(17-9(10,11)12)7(4-6)13(15)16/h2-5,14H,1H3. The van der Waals surface area contributed by atoms with Gasteiger partial charge in [-0.25, -0.2) is 0 Å². The van der Waals surface area contributed by atoms with Gasteiger partial charge in [0.2, 0.25) is 5.75 Å². The molecule has 0 amide bonds. The lowest BCUT2D eigenvalue weighted by atomic mass is 10.1. The number of alkyl halides is 3. The van der Waals surface area contributed by atoms with Crippen molar-refractivity contribution in [3.63, 3.8) is 0 Å². The molecule has 1 unspecified atom stereocenters. The van der Waals surface area contributed by atoms with E-state index in [1.807, 2.05) is 0 Å². The molecular formula is C9H8F3NO4. The Bertz CT molecular complexity index is 431. The van der Waals surface area contributed by atoms with Gasteiger partial charge < -0.3 is 9.84 Å². The van der Waals surface area contributed by atoms with Gasteiger partial charge in [0.05, 0.1) is 11.0 Å². The van der Waals surface area contributed by atoms with Crippen LogP contribution in [0.25, 0.3) is 0 Å². The van der Waals surface area contributed by atoms with E-state index in [4.69, 9.17) is 5.11 Å². The van der Waals surface area contributed by atoms with E-state index in [1.165, 1.54) is 6.92 Å². The number of rotatable bonds is 3. The third kappa shape index (κ3) is 3.59. The van der Waals surface area contributed by atoms with E-state index in [1.54, 1.807) is 0 Å². The van der Waals surface area contributed by atoms with Crippen LogP contribution in [0, 0.1) is 10.1 Å². The Balaban J connectivity index is 3.18. The Labute approximate surface area is 93.6 Å². The van der Waals surface area contributed by atoms with Crippen molar-refractivity contribution in [1.82, 2.24) is 0 Å². The number of halogens is 3. The lowest BCUT2D eigenvalue weighted by Crippen LogP contribution is -2.18. The SMILES string of the molecule is CC(O)c1ccc(OC(F)(F)F)c([N+](=O)[O-])c1. The molecule has 8 heteroatoms. The Morgan fingerprint density at radius 3 is 2.47 bits per heavy atom. The van der Waals surface area contributed by atoms with E-state index >= 15 is 0 Å². The molecule has 0 heterocycles. The van der Waals surface area contributed by atoms with E-state index in [-0.39, 0.29) is 5.56 Å². The monoisotopic (exact) mass is 251 g/mol. The highest BCUT2D eigenvalue weighted by molar-refractivity contribution is 5.49. The summed E-state index contributed by atoms with van der Waals surface area (Å²) in [5.41, 5.74) is -0.716. The van der Waals surface area contributed by atoms with Crippen LogP contribution in [0.2, 0.25) is 0 Å². The lowest BCUT2D eigenvalue weighted by Gasteiger charge is -2.10. The molecule has 0 aliphatic rings. The second-order valence-electron chi connectivity index (χ2n) is 3.21. The Morgan fingerprint density at radius 1 is 1.47 bits per heavy atom. The first-order valence-corrected chi connectivity index (χ1v) is 4.43. The van der Waals surface area contributed by atoms with E-state index in [0.29, 0.717) is 0 Å². The smallest absolute Gasteiger partial charge is 0.398 e. The molecule has 1 rings (SSSR count). The average molecular weight is 251 g/mol. The maximum absolute atomic E-state index is 11.9. The molecule has 1 atom stereocenters. The van der Waals surface area contributed by atoms with Crippen LogP contribution in [0.3, 0.4) is 0 Å². The lowest BCUT2D eigenvalue weighted by molar-refractivity contribution is -0.388. The summed E-state index contributed by atoms with van der Waals surface area (Å²) in [5, 5.41) is 19.7. The minimum absolute atomic E-state index is 0.131. The van der Waals surface area contributed by atoms with Crippen molar-refractivity contribution in [1.29, 1.82) is 0 Å². The van der Waals surface area contributed by atoms with Crippen molar-refractivity contribution in [2.75, 3.05) is 0 Å². The van der Waals surface area contributed by atoms with Gasteiger partial charge in [0, 0.05) is 6.07 Å². The third-order valence-electron chi connectivity index (χ3n) is 1.89. The minimum atomic E-state index is -5.00. The first-order valence-electron chi connectivity index (χ1n) is 4.43. The quantitative estimate of drug-likeness (QED) is 0.661. The van der Waals surface area contributed by atoms with Crippen LogP contribution in [0.5, 0.6) is 5.75 Å². The van der Waals surface area contributed by atoms with Crippen LogP contribution >= 0.6 is 0 Å². The molecule has 0 fully saturated rings. The van der Waals surface area contributed by atoms with Crippen LogP contribution in [0.1, 0.15) is 18.6 Å². The summed E-state index contributed by atoms with van der Waals surface area (Å²) in [6.45, 7) is 1.34. The summed E-state index contributed by atoms with van der Waals surface area (Å²) in [4.78, 5) is 9.55. The van der Waals surface area contributed by atoms with Gasteiger partial charge in [-0.1, -0.05) is 6.07 Å². The molecule has 0 spiro atoms. The van der Waals surface area contributed by atoms with Gasteiger partial charge in [-0.05, 0) is 18.6 Å². The highest BCUT2D eigenvalue weighted by Gasteiger charge is 2.34. The maximum atomic E-state index is 11.9. The zero-order chi connectivity index (χ0) is 13.2. The number of nitro groups is 1. The van der Waals surface area contributed by atoms with Crippen molar-refractivity contribution in [2.24, 2.45) is 0 Å². The number of aliphatic hydroxyl groups is 1. The maximum Gasteiger partial charge on any atom is 0.573 e. The molecule has 0 radical (unpaired) electrons. The summed E-state index contributed by atoms with van der Waals surface area (Å²) >= 11 is 0. The predicted octanol–water partition coefficient (Wildman–Crippen LogP) is 2.55. The molecule has 5 nitrogen and oxygen atoms in total. The number of hydrogen-bond acceptors (Lipinski definition) is 4. The van der Waals surface area contributed by atoms with Crippen LogP contribution in [0.4, 0.5) is 18.9 Å². The zero-order valence-electron chi connectivity index (χ0n) is 8.56. The fourth-order valence-electron chi connectivity index (χ4n) is 1.15. The van der Waals surface area contributed by atoms with Gasteiger partial charge in [0.25, 0.3) is 0 Å². The predicted molar refractivity (Wildman–Crippen MR) is 50.4 cm³/mol. The summed E-state index contributed by atoms with van der Waals surface area (Å²) in [5.74, 6) is -0.910. The number of hydrogen-bond donors (Lipinski definition) is 1. The molecule has 0 saturated heterocycles. The first-order chi connectivity index (χ1) is 7.70. The Hall–Kier alpha value is -1.83. The average Bonchev–Trinajstić information content (AvgIpc) is 2.14. The molecule has 1 aromatic carbocycles. The highest BCUT2D eigenvalue weighted by Crippen LogP contribution is 2.33. The molecule has 17 heavy (non-hydrogen) atoms. The van der Waals surface area contributed by atoms with Crippen LogP contribution < -0.4 is 4.74 Å². The van der Waals surface area contributed by atoms with Gasteiger partial charge in [-0.3, -0.25) is 10.1 Å². The summed E-state index contributed by atoms with van der Waals surface area (Å²) in [6, 6.07) is 2.76. The van der Waals surface area contributed by atoms with Gasteiger partial charge in [0.15, 0.2) is 0 Å². The van der Waals surface area contributed by atoms with Gasteiger partial charge in [0.1, 0.15) is 0 Å². The molecule has 0 aromatic heterocycles. The molecule has 94 valence electrons. The molecule has 0 aliphatic heterocycles.